The number of hydrogen-bond donors (Lipinski definition) is 9. The molecule has 2 aromatic rings. The number of aliphatic hydroxyl groups excluding tert-OH is 6. The van der Waals surface area contributed by atoms with Gasteiger partial charge in [0.2, 0.25) is 11.8 Å². The fourth-order valence-corrected chi connectivity index (χ4v) is 12.6. The predicted octanol–water partition coefficient (Wildman–Crippen LogP) is 1.27. The van der Waals surface area contributed by atoms with Crippen LogP contribution in [0.2, 0.25) is 0 Å². The molecule has 2 aromatic carbocycles. The molecule has 24 heteroatoms. The number of rotatable bonds is 17. The van der Waals surface area contributed by atoms with Gasteiger partial charge in [0, 0.05) is 63.2 Å². The maximum Gasteiger partial charge on any atom is 0.256 e. The van der Waals surface area contributed by atoms with Crippen LogP contribution in [0.25, 0.3) is 0 Å². The highest BCUT2D eigenvalue weighted by molar-refractivity contribution is 14.1. The van der Waals surface area contributed by atoms with Crippen molar-refractivity contribution in [2.24, 2.45) is 0 Å². The monoisotopic (exact) mass is 1490 g/mol. The summed E-state index contributed by atoms with van der Waals surface area (Å²) in [4.78, 5) is 85.7. The van der Waals surface area contributed by atoms with E-state index in [1.807, 2.05) is 113 Å². The first-order chi connectivity index (χ1) is 27.5. The van der Waals surface area contributed by atoms with Gasteiger partial charge in [-0.3, -0.25) is 28.8 Å². The Kier molecular flexibility index (Phi) is 21.7. The van der Waals surface area contributed by atoms with Crippen LogP contribution < -0.4 is 16.0 Å². The van der Waals surface area contributed by atoms with Crippen LogP contribution in [-0.2, 0) is 22.9 Å². The van der Waals surface area contributed by atoms with E-state index < -0.39 is 74.1 Å². The number of aliphatic hydroxyl groups is 6. The third-order valence-electron chi connectivity index (χ3n) is 8.82. The molecular formula is C34H40I6N6O12. The normalized spacial score (nSPS) is 13.8. The maximum atomic E-state index is 14.6. The molecule has 2 atom stereocenters. The number of benzene rings is 2. The van der Waals surface area contributed by atoms with Crippen LogP contribution in [0.15, 0.2) is 0 Å². The Bertz CT molecular complexity index is 1920. The number of nitrogens with zero attached hydrogens (tertiary/aromatic N) is 3. The van der Waals surface area contributed by atoms with Gasteiger partial charge in [-0.2, -0.15) is 0 Å². The molecule has 0 spiro atoms. The van der Waals surface area contributed by atoms with Crippen molar-refractivity contribution >= 4 is 182 Å². The zero-order valence-corrected chi connectivity index (χ0v) is 43.5. The second-order valence-electron chi connectivity index (χ2n) is 12.6. The fraction of sp³-hybridized carbons (Fsp3) is 0.471. The third-order valence-corrected chi connectivity index (χ3v) is 14.3. The Morgan fingerprint density at radius 2 is 1.09 bits per heavy atom. The minimum atomic E-state index is -1.24. The summed E-state index contributed by atoms with van der Waals surface area (Å²) >= 11 is 11.8. The van der Waals surface area contributed by atoms with E-state index in [4.69, 9.17) is 0 Å². The molecule has 1 saturated heterocycles. The fourth-order valence-electron chi connectivity index (χ4n) is 5.95. The van der Waals surface area contributed by atoms with Gasteiger partial charge in [-0.1, -0.05) is 67.8 Å². The van der Waals surface area contributed by atoms with Crippen molar-refractivity contribution in [1.82, 2.24) is 20.0 Å². The summed E-state index contributed by atoms with van der Waals surface area (Å²) in [6.07, 6.45) is -2.47. The van der Waals surface area contributed by atoms with E-state index >= 15 is 0 Å². The molecule has 58 heavy (non-hydrogen) atoms. The molecule has 6 amide bonds. The van der Waals surface area contributed by atoms with Crippen LogP contribution in [0.4, 0.5) is 11.4 Å². The highest BCUT2D eigenvalue weighted by atomic mass is 127. The summed E-state index contributed by atoms with van der Waals surface area (Å²) in [6, 6.07) is 0. The van der Waals surface area contributed by atoms with Crippen LogP contribution in [0.1, 0.15) is 58.1 Å². The van der Waals surface area contributed by atoms with E-state index in [0.29, 0.717) is 20.3 Å². The number of alkyl halides is 3. The lowest BCUT2D eigenvalue weighted by Gasteiger charge is -2.36. The number of halogens is 6. The summed E-state index contributed by atoms with van der Waals surface area (Å²) in [6.45, 7) is -3.25. The quantitative estimate of drug-likeness (QED) is 0.0802. The van der Waals surface area contributed by atoms with Gasteiger partial charge in [0.1, 0.15) is 13.2 Å². The molecule has 18 nitrogen and oxygen atoms in total. The largest absolute Gasteiger partial charge is 0.394 e. The number of hydrogen-bond acceptors (Lipinski definition) is 12. The van der Waals surface area contributed by atoms with Crippen LogP contribution in [0.3, 0.4) is 0 Å². The van der Waals surface area contributed by atoms with Crippen molar-refractivity contribution in [3.8, 4) is 0 Å². The highest BCUT2D eigenvalue weighted by Crippen LogP contribution is 2.39. The Labute approximate surface area is 415 Å². The molecule has 1 aliphatic rings. The highest BCUT2D eigenvalue weighted by Gasteiger charge is 2.36. The zero-order valence-electron chi connectivity index (χ0n) is 30.6. The molecule has 9 N–H and O–H groups in total. The van der Waals surface area contributed by atoms with E-state index in [0.717, 1.165) is 0 Å². The van der Waals surface area contributed by atoms with Gasteiger partial charge in [0.25, 0.3) is 23.6 Å². The molecular weight excluding hydrogens is 1450 g/mol. The molecule has 1 aliphatic heterocycles. The van der Waals surface area contributed by atoms with Crippen molar-refractivity contribution in [2.45, 2.75) is 25.5 Å². The molecule has 0 saturated carbocycles. The maximum absolute atomic E-state index is 14.6. The second kappa shape index (κ2) is 24.3. The van der Waals surface area contributed by atoms with Crippen molar-refractivity contribution in [3.63, 3.8) is 0 Å². The lowest BCUT2D eigenvalue weighted by molar-refractivity contribution is -0.119. The summed E-state index contributed by atoms with van der Waals surface area (Å²) in [5, 5.41) is 65.5. The number of carbonyl (C=O) groups is 6. The minimum absolute atomic E-state index is 0.0401. The molecule has 0 bridgehead atoms. The Balaban J connectivity index is 2.10. The van der Waals surface area contributed by atoms with Gasteiger partial charge in [-0.25, -0.2) is 0 Å². The van der Waals surface area contributed by atoms with Gasteiger partial charge < -0.3 is 61.3 Å². The van der Waals surface area contributed by atoms with Crippen molar-refractivity contribution in [2.75, 3.05) is 83.4 Å². The number of carbonyl (C=O) groups excluding carboxylic acids is 6. The molecule has 0 aromatic heterocycles. The van der Waals surface area contributed by atoms with Gasteiger partial charge >= 0.3 is 0 Å². The van der Waals surface area contributed by atoms with Crippen molar-refractivity contribution in [3.05, 3.63) is 49.7 Å². The van der Waals surface area contributed by atoms with Crippen LogP contribution >= 0.6 is 136 Å². The first-order valence-corrected chi connectivity index (χ1v) is 24.9. The molecule has 2 unspecified atom stereocenters. The Morgan fingerprint density at radius 3 is 1.55 bits per heavy atom. The Morgan fingerprint density at radius 1 is 0.638 bits per heavy atom. The van der Waals surface area contributed by atoms with Crippen LogP contribution in [-0.4, -0.2) is 166 Å². The average molecular weight is 1490 g/mol. The lowest BCUT2D eigenvalue weighted by Crippen LogP contribution is -2.51. The van der Waals surface area contributed by atoms with E-state index in [2.05, 4.69) is 38.5 Å². The molecule has 0 aliphatic carbocycles. The predicted molar refractivity (Wildman–Crippen MR) is 263 cm³/mol. The third kappa shape index (κ3) is 12.1. The topological polar surface area (TPSA) is 270 Å². The molecule has 1 heterocycles. The molecule has 3 rings (SSSR count). The number of anilines is 2. The van der Waals surface area contributed by atoms with Gasteiger partial charge in [-0.05, 0) is 84.5 Å². The number of likely N-dealkylation sites (N-methyl/N-ethyl adjacent to an activating group) is 1. The van der Waals surface area contributed by atoms with E-state index in [1.165, 1.54) is 21.7 Å². The van der Waals surface area contributed by atoms with Gasteiger partial charge in [0.15, 0.2) is 0 Å². The number of piperazine rings is 1. The van der Waals surface area contributed by atoms with Gasteiger partial charge in [-0.15, -0.1) is 0 Å². The Hall–Kier alpha value is -0.600. The average Bonchev–Trinajstić information content (AvgIpc) is 3.22. The SMILES string of the molecule is CN(CC(O)CO)C(=O)c1c(I)c(NC(=O)CO)c(I)c(C(=O)N2CCN(C(=O)c3c(CI)c(NC(=O)CO)c(CI)c(C(=O)NCC(O)CO)c3CI)CC2)c1I. The van der Waals surface area contributed by atoms with E-state index in [1.54, 1.807) is 0 Å². The van der Waals surface area contributed by atoms with Crippen LogP contribution in [0, 0.1) is 10.7 Å². The van der Waals surface area contributed by atoms with E-state index in [9.17, 15) is 59.4 Å². The number of amides is 6. The molecule has 1 fully saturated rings. The smallest absolute Gasteiger partial charge is 0.256 e. The summed E-state index contributed by atoms with van der Waals surface area (Å²) in [7, 11) is 1.41. The lowest BCUT2D eigenvalue weighted by atomic mass is 9.89. The summed E-state index contributed by atoms with van der Waals surface area (Å²) in [5.74, 6) is -3.75. The van der Waals surface area contributed by atoms with Crippen LogP contribution in [0.5, 0.6) is 0 Å². The van der Waals surface area contributed by atoms with Gasteiger partial charge in [0.05, 0.1) is 66.2 Å². The standard InChI is InChI=1S/C34H40I6N6O12/c1-44(10-16(52)12-48)32(56)24-26(38)25(28(40)30(27(24)39)43-21(54)14-50)34(58)46-4-2-45(3-5-46)33(57)23-17(6-35)22(31(55)41-9-15(51)11-47)18(7-36)29(19(23)8-37)42-20(53)13-49/h15-16,47-52H,2-14H2,1H3,(H,41,55)(H,42,53)(H,43,54). The van der Waals surface area contributed by atoms with E-state index in [-0.39, 0.29) is 93.3 Å². The van der Waals surface area contributed by atoms with Crippen molar-refractivity contribution < 1.29 is 59.4 Å². The molecule has 0 radical (unpaired) electrons. The second-order valence-corrected chi connectivity index (χ2v) is 18.1. The summed E-state index contributed by atoms with van der Waals surface area (Å²) < 4.78 is 1.49. The van der Waals surface area contributed by atoms with Crippen molar-refractivity contribution in [1.29, 1.82) is 0 Å². The first-order valence-electron chi connectivity index (χ1n) is 17.1. The zero-order chi connectivity index (χ0) is 43.6. The first kappa shape index (κ1) is 51.7. The minimum Gasteiger partial charge on any atom is -0.394 e. The number of nitrogens with one attached hydrogen (secondary N) is 3. The molecule has 320 valence electrons. The summed E-state index contributed by atoms with van der Waals surface area (Å²) in [5.41, 5.74) is 1.99.